The molecule has 17 heavy (non-hydrogen) atoms. The van der Waals surface area contributed by atoms with Crippen molar-refractivity contribution < 1.29 is 9.59 Å². The van der Waals surface area contributed by atoms with Gasteiger partial charge in [-0.2, -0.15) is 0 Å². The van der Waals surface area contributed by atoms with Gasteiger partial charge in [0.15, 0.2) is 0 Å². The van der Waals surface area contributed by atoms with E-state index in [1.165, 1.54) is 0 Å². The Kier molecular flexibility index (Phi) is 4.17. The smallest absolute Gasteiger partial charge is 0.225 e. The number of hydrogen-bond acceptors (Lipinski definition) is 2. The van der Waals surface area contributed by atoms with Gasteiger partial charge in [-0.1, -0.05) is 6.92 Å². The van der Waals surface area contributed by atoms with Gasteiger partial charge in [-0.05, 0) is 34.1 Å². The van der Waals surface area contributed by atoms with E-state index >= 15 is 0 Å². The average molecular weight is 240 g/mol. The van der Waals surface area contributed by atoms with Crippen LogP contribution in [-0.4, -0.2) is 34.8 Å². The average Bonchev–Trinajstić information content (AvgIpc) is 2.59. The number of carbonyl (C=O) groups excluding carboxylic acids is 2. The van der Waals surface area contributed by atoms with Crippen molar-refractivity contribution in [2.24, 2.45) is 5.92 Å². The van der Waals surface area contributed by atoms with Gasteiger partial charge in [0.1, 0.15) is 0 Å². The van der Waals surface area contributed by atoms with E-state index in [-0.39, 0.29) is 29.3 Å². The molecule has 0 saturated carbocycles. The van der Waals surface area contributed by atoms with Crippen LogP contribution in [0.2, 0.25) is 0 Å². The first kappa shape index (κ1) is 14.0. The molecular weight excluding hydrogens is 216 g/mol. The van der Waals surface area contributed by atoms with Crippen LogP contribution in [0.1, 0.15) is 47.5 Å². The third kappa shape index (κ3) is 3.45. The van der Waals surface area contributed by atoms with Gasteiger partial charge in [-0.15, -0.1) is 0 Å². The van der Waals surface area contributed by atoms with Crippen molar-refractivity contribution in [3.63, 3.8) is 0 Å². The number of amides is 2. The normalized spacial score (nSPS) is 22.8. The van der Waals surface area contributed by atoms with Gasteiger partial charge in [0.05, 0.1) is 5.92 Å². The van der Waals surface area contributed by atoms with Crippen LogP contribution in [0.25, 0.3) is 0 Å². The summed E-state index contributed by atoms with van der Waals surface area (Å²) in [7, 11) is 0. The summed E-state index contributed by atoms with van der Waals surface area (Å²) in [5.41, 5.74) is -0.192. The van der Waals surface area contributed by atoms with Crippen LogP contribution in [-0.2, 0) is 9.59 Å². The van der Waals surface area contributed by atoms with E-state index in [1.54, 1.807) is 4.90 Å². The first-order valence-corrected chi connectivity index (χ1v) is 6.36. The van der Waals surface area contributed by atoms with Crippen LogP contribution < -0.4 is 5.32 Å². The minimum Gasteiger partial charge on any atom is -0.353 e. The third-order valence-electron chi connectivity index (χ3n) is 3.31. The molecule has 1 fully saturated rings. The highest BCUT2D eigenvalue weighted by Crippen LogP contribution is 2.25. The highest BCUT2D eigenvalue weighted by atomic mass is 16.2. The lowest BCUT2D eigenvalue weighted by molar-refractivity contribution is -0.132. The van der Waals surface area contributed by atoms with Crippen molar-refractivity contribution in [2.75, 3.05) is 6.54 Å². The fourth-order valence-corrected chi connectivity index (χ4v) is 1.99. The number of carbonyl (C=O) groups is 2. The molecule has 4 nitrogen and oxygen atoms in total. The van der Waals surface area contributed by atoms with Crippen LogP contribution in [0.4, 0.5) is 0 Å². The lowest BCUT2D eigenvalue weighted by atomic mass is 10.1. The third-order valence-corrected chi connectivity index (χ3v) is 3.31. The van der Waals surface area contributed by atoms with Crippen LogP contribution in [0.5, 0.6) is 0 Å². The predicted octanol–water partition coefficient (Wildman–Crippen LogP) is 1.55. The Morgan fingerprint density at radius 2 is 2.12 bits per heavy atom. The van der Waals surface area contributed by atoms with Crippen LogP contribution in [0.3, 0.4) is 0 Å². The summed E-state index contributed by atoms with van der Waals surface area (Å²) in [5.74, 6) is -0.0861. The molecule has 1 N–H and O–H groups in total. The minimum absolute atomic E-state index is 0.0134. The van der Waals surface area contributed by atoms with E-state index in [1.807, 2.05) is 34.6 Å². The van der Waals surface area contributed by atoms with Crippen molar-refractivity contribution in [3.05, 3.63) is 0 Å². The second kappa shape index (κ2) is 5.07. The highest BCUT2D eigenvalue weighted by Gasteiger charge is 2.39. The SMILES string of the molecule is CC[C@@H](C)NC(=O)[C@H]1CC(=O)N(C(C)(C)C)C1. The summed E-state index contributed by atoms with van der Waals surface area (Å²) in [4.78, 5) is 25.6. The van der Waals surface area contributed by atoms with Crippen molar-refractivity contribution in [2.45, 2.75) is 59.0 Å². The zero-order valence-electron chi connectivity index (χ0n) is 11.5. The zero-order chi connectivity index (χ0) is 13.2. The minimum atomic E-state index is -0.192. The van der Waals surface area contributed by atoms with Crippen molar-refractivity contribution in [3.8, 4) is 0 Å². The molecule has 98 valence electrons. The number of nitrogens with one attached hydrogen (secondary N) is 1. The molecule has 0 aliphatic carbocycles. The second-order valence-electron chi connectivity index (χ2n) is 5.89. The maximum atomic E-state index is 11.9. The number of rotatable bonds is 3. The summed E-state index contributed by atoms with van der Waals surface area (Å²) in [6.07, 6.45) is 1.26. The maximum Gasteiger partial charge on any atom is 0.225 e. The molecule has 0 spiro atoms. The van der Waals surface area contributed by atoms with E-state index in [0.29, 0.717) is 13.0 Å². The van der Waals surface area contributed by atoms with Crippen molar-refractivity contribution in [1.29, 1.82) is 0 Å². The molecule has 0 radical (unpaired) electrons. The Hall–Kier alpha value is -1.06. The summed E-state index contributed by atoms with van der Waals surface area (Å²) in [6, 6.07) is 0.182. The van der Waals surface area contributed by atoms with Crippen LogP contribution >= 0.6 is 0 Å². The van der Waals surface area contributed by atoms with Gasteiger partial charge < -0.3 is 10.2 Å². The molecule has 1 saturated heterocycles. The van der Waals surface area contributed by atoms with Gasteiger partial charge in [0, 0.05) is 24.5 Å². The monoisotopic (exact) mass is 240 g/mol. The number of hydrogen-bond donors (Lipinski definition) is 1. The van der Waals surface area contributed by atoms with E-state index in [4.69, 9.17) is 0 Å². The first-order chi connectivity index (χ1) is 7.75. The second-order valence-corrected chi connectivity index (χ2v) is 5.89. The zero-order valence-corrected chi connectivity index (χ0v) is 11.5. The molecule has 0 bridgehead atoms. The molecule has 2 atom stereocenters. The Morgan fingerprint density at radius 1 is 1.53 bits per heavy atom. The quantitative estimate of drug-likeness (QED) is 0.813. The van der Waals surface area contributed by atoms with Gasteiger partial charge in [0.2, 0.25) is 11.8 Å². The molecule has 1 rings (SSSR count). The molecule has 0 aromatic heterocycles. The van der Waals surface area contributed by atoms with Crippen molar-refractivity contribution >= 4 is 11.8 Å². The van der Waals surface area contributed by atoms with Gasteiger partial charge >= 0.3 is 0 Å². The standard InChI is InChI=1S/C13H24N2O2/c1-6-9(2)14-12(17)10-7-11(16)15(8-10)13(3,4)5/h9-10H,6-8H2,1-5H3,(H,14,17)/t9-,10+/m1/s1. The number of nitrogens with zero attached hydrogens (tertiary/aromatic N) is 1. The Balaban J connectivity index is 2.60. The largest absolute Gasteiger partial charge is 0.353 e. The Bertz CT molecular complexity index is 307. The molecule has 0 aromatic rings. The Morgan fingerprint density at radius 3 is 2.53 bits per heavy atom. The van der Waals surface area contributed by atoms with E-state index in [2.05, 4.69) is 5.32 Å². The number of likely N-dealkylation sites (tertiary alicyclic amines) is 1. The van der Waals surface area contributed by atoms with Crippen molar-refractivity contribution in [1.82, 2.24) is 10.2 Å². The lowest BCUT2D eigenvalue weighted by Gasteiger charge is -2.32. The molecule has 0 unspecified atom stereocenters. The van der Waals surface area contributed by atoms with Gasteiger partial charge in [-0.25, -0.2) is 0 Å². The summed E-state index contributed by atoms with van der Waals surface area (Å²) < 4.78 is 0. The first-order valence-electron chi connectivity index (χ1n) is 6.36. The topological polar surface area (TPSA) is 49.4 Å². The summed E-state index contributed by atoms with van der Waals surface area (Å²) in [6.45, 7) is 10.6. The lowest BCUT2D eigenvalue weighted by Crippen LogP contribution is -2.43. The van der Waals surface area contributed by atoms with Gasteiger partial charge in [0.25, 0.3) is 0 Å². The molecule has 4 heteroatoms. The molecule has 1 aliphatic heterocycles. The fourth-order valence-electron chi connectivity index (χ4n) is 1.99. The van der Waals surface area contributed by atoms with Crippen LogP contribution in [0.15, 0.2) is 0 Å². The summed E-state index contributed by atoms with van der Waals surface area (Å²) in [5, 5.41) is 2.95. The molecule has 0 aromatic carbocycles. The molecule has 1 heterocycles. The van der Waals surface area contributed by atoms with E-state index in [9.17, 15) is 9.59 Å². The summed E-state index contributed by atoms with van der Waals surface area (Å²) >= 11 is 0. The molecule has 1 aliphatic rings. The van der Waals surface area contributed by atoms with E-state index in [0.717, 1.165) is 6.42 Å². The fraction of sp³-hybridized carbons (Fsp3) is 0.846. The maximum absolute atomic E-state index is 11.9. The molecule has 2 amide bonds. The van der Waals surface area contributed by atoms with E-state index < -0.39 is 0 Å². The predicted molar refractivity (Wildman–Crippen MR) is 67.5 cm³/mol. The van der Waals surface area contributed by atoms with Gasteiger partial charge in [-0.3, -0.25) is 9.59 Å². The van der Waals surface area contributed by atoms with Crippen LogP contribution in [0, 0.1) is 5.92 Å². The highest BCUT2D eigenvalue weighted by molar-refractivity contribution is 5.89. The Labute approximate surface area is 104 Å². The molecular formula is C13H24N2O2.